The summed E-state index contributed by atoms with van der Waals surface area (Å²) < 4.78 is 0. The molecule has 102 valence electrons. The van der Waals surface area contributed by atoms with Gasteiger partial charge in [0.15, 0.2) is 0 Å². The minimum atomic E-state index is -1.15. The van der Waals surface area contributed by atoms with E-state index < -0.39 is 11.9 Å². The Labute approximate surface area is 114 Å². The van der Waals surface area contributed by atoms with E-state index in [1.807, 2.05) is 0 Å². The summed E-state index contributed by atoms with van der Waals surface area (Å²) in [6.45, 7) is 0. The fourth-order valence-electron chi connectivity index (χ4n) is 1.87. The van der Waals surface area contributed by atoms with Crippen molar-refractivity contribution in [1.29, 1.82) is 0 Å². The van der Waals surface area contributed by atoms with Crippen LogP contribution in [0.1, 0.15) is 20.7 Å². The van der Waals surface area contributed by atoms with Gasteiger partial charge in [-0.1, -0.05) is 18.2 Å². The zero-order valence-electron chi connectivity index (χ0n) is 10.3. The second-order valence-electron chi connectivity index (χ2n) is 4.18. The number of rotatable bonds is 3. The Morgan fingerprint density at radius 1 is 0.800 bits per heavy atom. The Bertz CT molecular complexity index is 693. The first-order valence-corrected chi connectivity index (χ1v) is 5.66. The molecule has 2 aromatic rings. The molecule has 20 heavy (non-hydrogen) atoms. The molecule has 0 atom stereocenters. The van der Waals surface area contributed by atoms with Crippen LogP contribution in [-0.2, 0) is 0 Å². The van der Waals surface area contributed by atoms with Crippen molar-refractivity contribution in [2.75, 3.05) is 11.5 Å². The molecule has 2 aromatic carbocycles. The molecule has 0 aromatic heterocycles. The van der Waals surface area contributed by atoms with Crippen LogP contribution < -0.4 is 11.5 Å². The quantitative estimate of drug-likeness (QED) is 0.632. The van der Waals surface area contributed by atoms with Gasteiger partial charge in [0.2, 0.25) is 0 Å². The average molecular weight is 272 g/mol. The van der Waals surface area contributed by atoms with Gasteiger partial charge in [-0.25, -0.2) is 9.59 Å². The van der Waals surface area contributed by atoms with Crippen LogP contribution in [0, 0.1) is 0 Å². The van der Waals surface area contributed by atoms with Crippen molar-refractivity contribution in [3.05, 3.63) is 47.5 Å². The molecule has 2 rings (SSSR count). The lowest BCUT2D eigenvalue weighted by Crippen LogP contribution is -2.06. The summed E-state index contributed by atoms with van der Waals surface area (Å²) in [5.74, 6) is -2.17. The zero-order valence-corrected chi connectivity index (χ0v) is 10.3. The standard InChI is InChI=1S/C14H12N2O4/c15-11-9(5-6-10(12(11)16)14(19)20)7-1-3-8(4-2-7)13(17)18/h1-6H,15-16H2,(H,17,18)(H,19,20). The highest BCUT2D eigenvalue weighted by Gasteiger charge is 2.14. The molecular weight excluding hydrogens is 260 g/mol. The molecule has 0 saturated heterocycles. The molecular formula is C14H12N2O4. The molecule has 0 aliphatic rings. The third kappa shape index (κ3) is 2.26. The molecule has 6 heteroatoms. The van der Waals surface area contributed by atoms with Crippen molar-refractivity contribution in [2.45, 2.75) is 0 Å². The van der Waals surface area contributed by atoms with Gasteiger partial charge in [-0.2, -0.15) is 0 Å². The van der Waals surface area contributed by atoms with Gasteiger partial charge in [0.05, 0.1) is 22.5 Å². The summed E-state index contributed by atoms with van der Waals surface area (Å²) in [6.07, 6.45) is 0. The van der Waals surface area contributed by atoms with Crippen LogP contribution >= 0.6 is 0 Å². The number of aromatic carboxylic acids is 2. The molecule has 0 unspecified atom stereocenters. The summed E-state index contributed by atoms with van der Waals surface area (Å²) in [4.78, 5) is 21.7. The fraction of sp³-hybridized carbons (Fsp3) is 0. The first-order valence-electron chi connectivity index (χ1n) is 5.66. The molecule has 6 N–H and O–H groups in total. The number of nitrogens with two attached hydrogens (primary N) is 2. The SMILES string of the molecule is Nc1c(C(=O)O)ccc(-c2ccc(C(=O)O)cc2)c1N. The van der Waals surface area contributed by atoms with E-state index in [2.05, 4.69) is 0 Å². The zero-order chi connectivity index (χ0) is 14.9. The Morgan fingerprint density at radius 3 is 1.90 bits per heavy atom. The minimum Gasteiger partial charge on any atom is -0.478 e. The van der Waals surface area contributed by atoms with E-state index in [0.717, 1.165) is 0 Å². The molecule has 0 radical (unpaired) electrons. The van der Waals surface area contributed by atoms with Crippen LogP contribution in [-0.4, -0.2) is 22.2 Å². The molecule has 6 nitrogen and oxygen atoms in total. The summed E-state index contributed by atoms with van der Waals surface area (Å²) in [5, 5.41) is 17.8. The van der Waals surface area contributed by atoms with Crippen LogP contribution in [0.15, 0.2) is 36.4 Å². The molecule has 0 aliphatic carbocycles. The largest absolute Gasteiger partial charge is 0.478 e. The van der Waals surface area contributed by atoms with Crippen molar-refractivity contribution in [3.8, 4) is 11.1 Å². The third-order valence-corrected chi connectivity index (χ3v) is 2.96. The Balaban J connectivity index is 2.51. The maximum Gasteiger partial charge on any atom is 0.337 e. The number of carbonyl (C=O) groups is 2. The van der Waals surface area contributed by atoms with Gasteiger partial charge in [-0.3, -0.25) is 0 Å². The lowest BCUT2D eigenvalue weighted by molar-refractivity contribution is 0.0686. The van der Waals surface area contributed by atoms with Gasteiger partial charge in [0.1, 0.15) is 0 Å². The molecule has 0 amide bonds. The molecule has 0 saturated carbocycles. The average Bonchev–Trinajstić information content (AvgIpc) is 2.41. The van der Waals surface area contributed by atoms with E-state index in [1.54, 1.807) is 18.2 Å². The van der Waals surface area contributed by atoms with Crippen LogP contribution in [0.4, 0.5) is 11.4 Å². The maximum absolute atomic E-state index is 10.9. The number of nitrogen functional groups attached to an aromatic ring is 2. The van der Waals surface area contributed by atoms with E-state index in [-0.39, 0.29) is 22.5 Å². The molecule has 0 heterocycles. The highest BCUT2D eigenvalue weighted by Crippen LogP contribution is 2.32. The van der Waals surface area contributed by atoms with Crippen LogP contribution in [0.3, 0.4) is 0 Å². The third-order valence-electron chi connectivity index (χ3n) is 2.96. The van der Waals surface area contributed by atoms with Gasteiger partial charge < -0.3 is 21.7 Å². The van der Waals surface area contributed by atoms with E-state index in [9.17, 15) is 9.59 Å². The van der Waals surface area contributed by atoms with Gasteiger partial charge in [0.25, 0.3) is 0 Å². The first kappa shape index (κ1) is 13.4. The number of anilines is 2. The molecule has 0 spiro atoms. The van der Waals surface area contributed by atoms with E-state index in [1.165, 1.54) is 18.2 Å². The lowest BCUT2D eigenvalue weighted by Gasteiger charge is -2.11. The highest BCUT2D eigenvalue weighted by atomic mass is 16.4. The summed E-state index contributed by atoms with van der Waals surface area (Å²) in [6, 6.07) is 8.99. The predicted octanol–water partition coefficient (Wildman–Crippen LogP) is 1.91. The van der Waals surface area contributed by atoms with Crippen molar-refractivity contribution in [1.82, 2.24) is 0 Å². The van der Waals surface area contributed by atoms with Crippen LogP contribution in [0.25, 0.3) is 11.1 Å². The van der Waals surface area contributed by atoms with E-state index in [0.29, 0.717) is 11.1 Å². The minimum absolute atomic E-state index is 0.00249. The van der Waals surface area contributed by atoms with Crippen molar-refractivity contribution < 1.29 is 19.8 Å². The van der Waals surface area contributed by atoms with Gasteiger partial charge in [-0.05, 0) is 23.8 Å². The number of hydrogen-bond donors (Lipinski definition) is 4. The van der Waals surface area contributed by atoms with Gasteiger partial charge in [0, 0.05) is 5.56 Å². The number of carboxylic acid groups (broad SMARTS) is 2. The molecule has 0 bridgehead atoms. The van der Waals surface area contributed by atoms with Gasteiger partial charge in [-0.15, -0.1) is 0 Å². The second-order valence-corrected chi connectivity index (χ2v) is 4.18. The van der Waals surface area contributed by atoms with E-state index >= 15 is 0 Å². The van der Waals surface area contributed by atoms with E-state index in [4.69, 9.17) is 21.7 Å². The molecule has 0 aliphatic heterocycles. The Morgan fingerprint density at radius 2 is 1.40 bits per heavy atom. The van der Waals surface area contributed by atoms with Crippen LogP contribution in [0.2, 0.25) is 0 Å². The molecule has 0 fully saturated rings. The van der Waals surface area contributed by atoms with Crippen molar-refractivity contribution >= 4 is 23.3 Å². The van der Waals surface area contributed by atoms with Crippen molar-refractivity contribution in [2.24, 2.45) is 0 Å². The summed E-state index contributed by atoms with van der Waals surface area (Å²) in [7, 11) is 0. The van der Waals surface area contributed by atoms with Crippen molar-refractivity contribution in [3.63, 3.8) is 0 Å². The highest BCUT2D eigenvalue weighted by molar-refractivity contribution is 6.00. The Hall–Kier alpha value is -3.02. The first-order chi connectivity index (χ1) is 9.41. The lowest BCUT2D eigenvalue weighted by atomic mass is 9.99. The monoisotopic (exact) mass is 272 g/mol. The smallest absolute Gasteiger partial charge is 0.337 e. The maximum atomic E-state index is 10.9. The fourth-order valence-corrected chi connectivity index (χ4v) is 1.87. The van der Waals surface area contributed by atoms with Gasteiger partial charge >= 0.3 is 11.9 Å². The normalized spacial score (nSPS) is 10.2. The predicted molar refractivity (Wildman–Crippen MR) is 74.6 cm³/mol. The second kappa shape index (κ2) is 4.93. The Kier molecular flexibility index (Phi) is 3.30. The topological polar surface area (TPSA) is 127 Å². The number of carboxylic acids is 2. The summed E-state index contributed by atoms with van der Waals surface area (Å²) >= 11 is 0. The van der Waals surface area contributed by atoms with Crippen LogP contribution in [0.5, 0.6) is 0 Å². The number of benzene rings is 2. The summed E-state index contributed by atoms with van der Waals surface area (Å²) in [5.41, 5.74) is 13.0. The number of hydrogen-bond acceptors (Lipinski definition) is 4.